The molecule has 0 aliphatic carbocycles. The molecule has 1 rings (SSSR count). The first-order valence-electron chi connectivity index (χ1n) is 5.00. The van der Waals surface area contributed by atoms with Gasteiger partial charge < -0.3 is 19.9 Å². The molecule has 0 saturated heterocycles. The Balaban J connectivity index is 3.22. The summed E-state index contributed by atoms with van der Waals surface area (Å²) in [5, 5.41) is 0. The number of carbonyl (C=O) groups excluding carboxylic acids is 1. The lowest BCUT2D eigenvalue weighted by Gasteiger charge is -2.10. The standard InChI is InChI=1S/C12H14BrNO4/c1-16-10-5-7(4-8(13)12(15)18-3)9(14)6-11(10)17-2/h4-6H,14H2,1-3H3/b8-4-. The summed E-state index contributed by atoms with van der Waals surface area (Å²) < 4.78 is 15.1. The molecule has 0 fully saturated rings. The van der Waals surface area contributed by atoms with E-state index < -0.39 is 5.97 Å². The highest BCUT2D eigenvalue weighted by molar-refractivity contribution is 9.12. The van der Waals surface area contributed by atoms with Crippen molar-refractivity contribution in [1.29, 1.82) is 0 Å². The van der Waals surface area contributed by atoms with Crippen molar-refractivity contribution in [3.63, 3.8) is 0 Å². The van der Waals surface area contributed by atoms with Gasteiger partial charge in [0.1, 0.15) is 4.48 Å². The van der Waals surface area contributed by atoms with Crippen LogP contribution >= 0.6 is 15.9 Å². The minimum absolute atomic E-state index is 0.268. The molecule has 0 saturated carbocycles. The lowest BCUT2D eigenvalue weighted by molar-refractivity contribution is -0.135. The van der Waals surface area contributed by atoms with Crippen LogP contribution < -0.4 is 15.2 Å². The van der Waals surface area contributed by atoms with Crippen LogP contribution in [0.4, 0.5) is 5.69 Å². The number of anilines is 1. The van der Waals surface area contributed by atoms with Crippen molar-refractivity contribution in [2.24, 2.45) is 0 Å². The number of nitrogens with two attached hydrogens (primary N) is 1. The first-order valence-corrected chi connectivity index (χ1v) is 5.79. The summed E-state index contributed by atoms with van der Waals surface area (Å²) >= 11 is 3.12. The van der Waals surface area contributed by atoms with Crippen LogP contribution in [0.1, 0.15) is 5.56 Å². The van der Waals surface area contributed by atoms with Gasteiger partial charge in [-0.15, -0.1) is 0 Å². The highest BCUT2D eigenvalue weighted by Crippen LogP contribution is 2.33. The number of hydrogen-bond donors (Lipinski definition) is 1. The van der Waals surface area contributed by atoms with Gasteiger partial charge >= 0.3 is 5.97 Å². The van der Waals surface area contributed by atoms with E-state index >= 15 is 0 Å². The van der Waals surface area contributed by atoms with E-state index in [0.29, 0.717) is 22.7 Å². The van der Waals surface area contributed by atoms with Gasteiger partial charge in [-0.25, -0.2) is 4.79 Å². The Labute approximate surface area is 114 Å². The number of ether oxygens (including phenoxy) is 3. The summed E-state index contributed by atoms with van der Waals surface area (Å²) in [5.41, 5.74) is 6.95. The molecule has 2 N–H and O–H groups in total. The molecule has 0 unspecified atom stereocenters. The summed E-state index contributed by atoms with van der Waals surface area (Å²) in [6.07, 6.45) is 1.56. The zero-order chi connectivity index (χ0) is 13.7. The molecular weight excluding hydrogens is 302 g/mol. The molecule has 18 heavy (non-hydrogen) atoms. The highest BCUT2D eigenvalue weighted by atomic mass is 79.9. The van der Waals surface area contributed by atoms with Gasteiger partial charge in [-0.05, 0) is 28.1 Å². The maximum Gasteiger partial charge on any atom is 0.344 e. The monoisotopic (exact) mass is 315 g/mol. The topological polar surface area (TPSA) is 70.8 Å². The van der Waals surface area contributed by atoms with Gasteiger partial charge in [-0.1, -0.05) is 0 Å². The summed E-state index contributed by atoms with van der Waals surface area (Å²) in [4.78, 5) is 11.3. The molecule has 5 nitrogen and oxygen atoms in total. The lowest BCUT2D eigenvalue weighted by Crippen LogP contribution is -2.00. The fraction of sp³-hybridized carbons (Fsp3) is 0.250. The Morgan fingerprint density at radius 2 is 1.78 bits per heavy atom. The number of hydrogen-bond acceptors (Lipinski definition) is 5. The molecule has 1 aromatic carbocycles. The number of rotatable bonds is 4. The fourth-order valence-electron chi connectivity index (χ4n) is 1.33. The van der Waals surface area contributed by atoms with E-state index in [1.165, 1.54) is 21.3 Å². The van der Waals surface area contributed by atoms with E-state index in [1.807, 2.05) is 0 Å². The average molecular weight is 316 g/mol. The molecule has 0 aromatic heterocycles. The lowest BCUT2D eigenvalue weighted by atomic mass is 10.1. The molecule has 6 heteroatoms. The SMILES string of the molecule is COC(=O)/C(Br)=C/c1cc(OC)c(OC)cc1N. The van der Waals surface area contributed by atoms with Crippen molar-refractivity contribution in [1.82, 2.24) is 0 Å². The summed E-state index contributed by atoms with van der Waals surface area (Å²) in [7, 11) is 4.35. The van der Waals surface area contributed by atoms with Crippen molar-refractivity contribution in [2.45, 2.75) is 0 Å². The minimum Gasteiger partial charge on any atom is -0.493 e. The van der Waals surface area contributed by atoms with E-state index in [-0.39, 0.29) is 4.48 Å². The third-order valence-corrected chi connectivity index (χ3v) is 2.80. The van der Waals surface area contributed by atoms with Crippen molar-refractivity contribution < 1.29 is 19.0 Å². The Morgan fingerprint density at radius 1 is 1.22 bits per heavy atom. The van der Waals surface area contributed by atoms with Crippen LogP contribution in [-0.2, 0) is 9.53 Å². The van der Waals surface area contributed by atoms with Gasteiger partial charge in [0.2, 0.25) is 0 Å². The first-order chi connectivity index (χ1) is 8.53. The molecule has 0 spiro atoms. The van der Waals surface area contributed by atoms with Gasteiger partial charge in [0.05, 0.1) is 21.3 Å². The average Bonchev–Trinajstić information content (AvgIpc) is 2.39. The van der Waals surface area contributed by atoms with Crippen LogP contribution in [-0.4, -0.2) is 27.3 Å². The molecule has 0 radical (unpaired) electrons. The smallest absolute Gasteiger partial charge is 0.344 e. The predicted molar refractivity (Wildman–Crippen MR) is 72.9 cm³/mol. The number of benzene rings is 1. The second-order valence-corrected chi connectivity index (χ2v) is 4.17. The molecule has 1 aromatic rings. The first kappa shape index (κ1) is 14.4. The van der Waals surface area contributed by atoms with Gasteiger partial charge in [0.15, 0.2) is 11.5 Å². The van der Waals surface area contributed by atoms with Crippen molar-refractivity contribution in [2.75, 3.05) is 27.1 Å². The highest BCUT2D eigenvalue weighted by Gasteiger charge is 2.11. The van der Waals surface area contributed by atoms with Crippen LogP contribution in [0, 0.1) is 0 Å². The molecule has 0 atom stereocenters. The van der Waals surface area contributed by atoms with Crippen LogP contribution in [0.15, 0.2) is 16.6 Å². The molecule has 0 aliphatic heterocycles. The Morgan fingerprint density at radius 3 is 2.28 bits per heavy atom. The Hall–Kier alpha value is -1.69. The fourth-order valence-corrected chi connectivity index (χ4v) is 1.74. The van der Waals surface area contributed by atoms with Crippen molar-refractivity contribution in [3.8, 4) is 11.5 Å². The van der Waals surface area contributed by atoms with Gasteiger partial charge in [-0.3, -0.25) is 0 Å². The van der Waals surface area contributed by atoms with E-state index in [9.17, 15) is 4.79 Å². The number of esters is 1. The third kappa shape index (κ3) is 3.16. The molecule has 0 heterocycles. The van der Waals surface area contributed by atoms with Gasteiger partial charge in [-0.2, -0.15) is 0 Å². The van der Waals surface area contributed by atoms with Crippen molar-refractivity contribution in [3.05, 3.63) is 22.2 Å². The normalized spacial score (nSPS) is 11.0. The maximum atomic E-state index is 11.3. The summed E-state index contributed by atoms with van der Waals surface area (Å²) in [5.74, 6) is 0.577. The largest absolute Gasteiger partial charge is 0.493 e. The van der Waals surface area contributed by atoms with Crippen LogP contribution in [0.2, 0.25) is 0 Å². The molecular formula is C12H14BrNO4. The van der Waals surface area contributed by atoms with Gasteiger partial charge in [0.25, 0.3) is 0 Å². The molecule has 98 valence electrons. The van der Waals surface area contributed by atoms with E-state index in [0.717, 1.165) is 0 Å². The molecule has 0 amide bonds. The number of nitrogen functional groups attached to an aromatic ring is 1. The van der Waals surface area contributed by atoms with Crippen LogP contribution in [0.25, 0.3) is 6.08 Å². The van der Waals surface area contributed by atoms with Crippen LogP contribution in [0.5, 0.6) is 11.5 Å². The minimum atomic E-state index is -0.482. The Bertz CT molecular complexity index is 485. The maximum absolute atomic E-state index is 11.3. The van der Waals surface area contributed by atoms with Gasteiger partial charge in [0, 0.05) is 17.3 Å². The second kappa shape index (κ2) is 6.30. The number of halogens is 1. The predicted octanol–water partition coefficient (Wildman–Crippen LogP) is 2.19. The third-order valence-electron chi connectivity index (χ3n) is 2.25. The molecule has 0 bridgehead atoms. The quantitative estimate of drug-likeness (QED) is 0.524. The van der Waals surface area contributed by atoms with Crippen molar-refractivity contribution >= 4 is 33.7 Å². The van der Waals surface area contributed by atoms with E-state index in [1.54, 1.807) is 18.2 Å². The number of carbonyl (C=O) groups is 1. The second-order valence-electron chi connectivity index (χ2n) is 3.32. The van der Waals surface area contributed by atoms with E-state index in [2.05, 4.69) is 20.7 Å². The zero-order valence-corrected chi connectivity index (χ0v) is 11.9. The summed E-state index contributed by atoms with van der Waals surface area (Å²) in [6.45, 7) is 0. The summed E-state index contributed by atoms with van der Waals surface area (Å²) in [6, 6.07) is 3.31. The Kier molecular flexibility index (Phi) is 5.03. The van der Waals surface area contributed by atoms with Crippen LogP contribution in [0.3, 0.4) is 0 Å². The zero-order valence-electron chi connectivity index (χ0n) is 10.3. The number of methoxy groups -OCH3 is 3. The molecule has 0 aliphatic rings. The van der Waals surface area contributed by atoms with E-state index in [4.69, 9.17) is 15.2 Å².